The standard InChI is InChI=1S/C20H20FN7O2/c1-10(18(22)29)11-5-4-6-12-13(7-23-16(11)12)17-14(21)8-24-20(26-17)25-15-9-28(2)27-19(15)30-3/h4-10,23H,1-3H3,(H2,22,29)(H,24,25,26). The second-order valence-electron chi connectivity index (χ2n) is 6.84. The van der Waals surface area contributed by atoms with Crippen molar-refractivity contribution in [2.45, 2.75) is 12.8 Å². The summed E-state index contributed by atoms with van der Waals surface area (Å²) in [5, 5.41) is 7.88. The number of nitrogens with zero attached hydrogens (tertiary/aromatic N) is 4. The minimum Gasteiger partial charge on any atom is -0.478 e. The molecule has 0 fully saturated rings. The average Bonchev–Trinajstić information content (AvgIpc) is 3.31. The molecule has 0 saturated heterocycles. The third kappa shape index (κ3) is 3.32. The Balaban J connectivity index is 1.77. The maximum absolute atomic E-state index is 14.7. The van der Waals surface area contributed by atoms with Crippen molar-refractivity contribution in [1.29, 1.82) is 0 Å². The van der Waals surface area contributed by atoms with E-state index >= 15 is 0 Å². The smallest absolute Gasteiger partial charge is 0.256 e. The van der Waals surface area contributed by atoms with E-state index in [1.807, 2.05) is 12.1 Å². The number of carbonyl (C=O) groups excluding carboxylic acids is 1. The van der Waals surface area contributed by atoms with Crippen molar-refractivity contribution in [3.63, 3.8) is 0 Å². The van der Waals surface area contributed by atoms with Crippen LogP contribution in [0.25, 0.3) is 22.2 Å². The summed E-state index contributed by atoms with van der Waals surface area (Å²) in [6.07, 6.45) is 4.46. The van der Waals surface area contributed by atoms with Gasteiger partial charge in [-0.1, -0.05) is 18.2 Å². The van der Waals surface area contributed by atoms with Gasteiger partial charge in [0.05, 0.1) is 30.9 Å². The van der Waals surface area contributed by atoms with Gasteiger partial charge in [-0.3, -0.25) is 9.48 Å². The van der Waals surface area contributed by atoms with Crippen LogP contribution in [-0.4, -0.2) is 37.7 Å². The van der Waals surface area contributed by atoms with Gasteiger partial charge < -0.3 is 20.8 Å². The largest absolute Gasteiger partial charge is 0.478 e. The van der Waals surface area contributed by atoms with Crippen LogP contribution in [0.3, 0.4) is 0 Å². The van der Waals surface area contributed by atoms with Gasteiger partial charge in [-0.25, -0.2) is 14.4 Å². The fourth-order valence-corrected chi connectivity index (χ4v) is 3.33. The predicted molar refractivity (Wildman–Crippen MR) is 110 cm³/mol. The van der Waals surface area contributed by atoms with E-state index in [2.05, 4.69) is 25.4 Å². The van der Waals surface area contributed by atoms with Crippen molar-refractivity contribution in [2.24, 2.45) is 12.8 Å². The fourth-order valence-electron chi connectivity index (χ4n) is 3.33. The Labute approximate surface area is 171 Å². The number of methoxy groups -OCH3 is 1. The Morgan fingerprint density at radius 1 is 1.40 bits per heavy atom. The van der Waals surface area contributed by atoms with Gasteiger partial charge in [0.25, 0.3) is 5.88 Å². The van der Waals surface area contributed by atoms with Crippen LogP contribution in [0.2, 0.25) is 0 Å². The molecule has 0 radical (unpaired) electrons. The topological polar surface area (TPSA) is 124 Å². The molecule has 1 atom stereocenters. The van der Waals surface area contributed by atoms with E-state index in [9.17, 15) is 9.18 Å². The number of nitrogens with two attached hydrogens (primary N) is 1. The predicted octanol–water partition coefficient (Wildman–Crippen LogP) is 2.84. The maximum atomic E-state index is 14.7. The number of H-pyrrole nitrogens is 1. The number of fused-ring (bicyclic) bond motifs is 1. The molecule has 1 unspecified atom stereocenters. The van der Waals surface area contributed by atoms with Crippen molar-refractivity contribution in [3.05, 3.63) is 48.2 Å². The van der Waals surface area contributed by atoms with Crippen LogP contribution in [0.1, 0.15) is 18.4 Å². The summed E-state index contributed by atoms with van der Waals surface area (Å²) < 4.78 is 21.4. The summed E-state index contributed by atoms with van der Waals surface area (Å²) in [6.45, 7) is 1.73. The molecule has 3 heterocycles. The zero-order chi connectivity index (χ0) is 21.4. The number of nitrogens with one attached hydrogen (secondary N) is 2. The fraction of sp³-hybridized carbons (Fsp3) is 0.200. The first-order valence-electron chi connectivity index (χ1n) is 9.16. The van der Waals surface area contributed by atoms with Crippen LogP contribution >= 0.6 is 0 Å². The highest BCUT2D eigenvalue weighted by Gasteiger charge is 2.20. The number of amides is 1. The Morgan fingerprint density at radius 2 is 2.20 bits per heavy atom. The highest BCUT2D eigenvalue weighted by Crippen LogP contribution is 2.34. The van der Waals surface area contributed by atoms with Gasteiger partial charge in [0.1, 0.15) is 11.4 Å². The van der Waals surface area contributed by atoms with Crippen LogP contribution in [0.4, 0.5) is 16.0 Å². The summed E-state index contributed by atoms with van der Waals surface area (Å²) >= 11 is 0. The van der Waals surface area contributed by atoms with Crippen LogP contribution in [-0.2, 0) is 11.8 Å². The highest BCUT2D eigenvalue weighted by molar-refractivity contribution is 5.98. The number of benzene rings is 1. The Bertz CT molecular complexity index is 1250. The molecule has 0 saturated carbocycles. The average molecular weight is 409 g/mol. The summed E-state index contributed by atoms with van der Waals surface area (Å²) in [5.74, 6) is -0.958. The molecule has 154 valence electrons. The Hall–Kier alpha value is -3.95. The molecule has 9 nitrogen and oxygen atoms in total. The first-order valence-corrected chi connectivity index (χ1v) is 9.16. The molecule has 30 heavy (non-hydrogen) atoms. The van der Waals surface area contributed by atoms with Gasteiger partial charge in [0.15, 0.2) is 5.82 Å². The first-order chi connectivity index (χ1) is 14.4. The van der Waals surface area contributed by atoms with Gasteiger partial charge in [-0.15, -0.1) is 5.10 Å². The molecular weight excluding hydrogens is 389 g/mol. The van der Waals surface area contributed by atoms with E-state index in [4.69, 9.17) is 10.5 Å². The van der Waals surface area contributed by atoms with Crippen molar-refractivity contribution in [2.75, 3.05) is 12.4 Å². The second-order valence-corrected chi connectivity index (χ2v) is 6.84. The Morgan fingerprint density at radius 3 is 2.93 bits per heavy atom. The molecule has 0 bridgehead atoms. The van der Waals surface area contributed by atoms with Gasteiger partial charge >= 0.3 is 0 Å². The number of rotatable bonds is 6. The maximum Gasteiger partial charge on any atom is 0.256 e. The number of anilines is 2. The quantitative estimate of drug-likeness (QED) is 0.450. The van der Waals surface area contributed by atoms with E-state index in [1.54, 1.807) is 37.1 Å². The van der Waals surface area contributed by atoms with Crippen molar-refractivity contribution in [1.82, 2.24) is 24.7 Å². The third-order valence-corrected chi connectivity index (χ3v) is 4.87. The van der Waals surface area contributed by atoms with Crippen LogP contribution < -0.4 is 15.8 Å². The van der Waals surface area contributed by atoms with Crippen LogP contribution in [0, 0.1) is 5.82 Å². The van der Waals surface area contributed by atoms with Crippen molar-refractivity contribution in [3.8, 4) is 17.1 Å². The number of hydrogen-bond donors (Lipinski definition) is 3. The molecule has 0 spiro atoms. The molecule has 0 aliphatic heterocycles. The lowest BCUT2D eigenvalue weighted by molar-refractivity contribution is -0.119. The number of aromatic nitrogens is 5. The normalized spacial score (nSPS) is 12.1. The second kappa shape index (κ2) is 7.47. The molecule has 3 aromatic heterocycles. The number of ether oxygens (including phenoxy) is 1. The van der Waals surface area contributed by atoms with Crippen molar-refractivity contribution < 1.29 is 13.9 Å². The summed E-state index contributed by atoms with van der Waals surface area (Å²) in [5.41, 5.74) is 8.12. The lowest BCUT2D eigenvalue weighted by atomic mass is 9.97. The highest BCUT2D eigenvalue weighted by atomic mass is 19.1. The van der Waals surface area contributed by atoms with Gasteiger partial charge in [-0.05, 0) is 12.5 Å². The van der Waals surface area contributed by atoms with E-state index < -0.39 is 17.6 Å². The summed E-state index contributed by atoms with van der Waals surface area (Å²) in [6, 6.07) is 5.44. The van der Waals surface area contributed by atoms with E-state index in [0.717, 1.165) is 17.1 Å². The first kappa shape index (κ1) is 19.4. The molecule has 1 amide bonds. The minimum atomic E-state index is -0.576. The molecule has 4 aromatic rings. The lowest BCUT2D eigenvalue weighted by Gasteiger charge is -2.10. The molecule has 1 aromatic carbocycles. The molecule has 0 aliphatic rings. The number of para-hydroxylation sites is 1. The van der Waals surface area contributed by atoms with Gasteiger partial charge in [-0.2, -0.15) is 0 Å². The Kier molecular flexibility index (Phi) is 4.82. The van der Waals surface area contributed by atoms with Gasteiger partial charge in [0.2, 0.25) is 11.9 Å². The number of primary amides is 1. The lowest BCUT2D eigenvalue weighted by Crippen LogP contribution is -2.18. The monoisotopic (exact) mass is 409 g/mol. The van der Waals surface area contributed by atoms with E-state index in [-0.39, 0.29) is 11.6 Å². The van der Waals surface area contributed by atoms with Gasteiger partial charge in [0, 0.05) is 24.2 Å². The number of aryl methyl sites for hydroxylation is 1. The van der Waals surface area contributed by atoms with Crippen LogP contribution in [0.15, 0.2) is 36.8 Å². The van der Waals surface area contributed by atoms with Crippen molar-refractivity contribution >= 4 is 28.4 Å². The zero-order valence-corrected chi connectivity index (χ0v) is 16.6. The summed E-state index contributed by atoms with van der Waals surface area (Å²) in [4.78, 5) is 23.1. The zero-order valence-electron chi connectivity index (χ0n) is 16.6. The third-order valence-electron chi connectivity index (χ3n) is 4.87. The summed E-state index contributed by atoms with van der Waals surface area (Å²) in [7, 11) is 3.25. The molecule has 4 rings (SSSR count). The molecule has 4 N–H and O–H groups in total. The number of aromatic amines is 1. The van der Waals surface area contributed by atoms with E-state index in [0.29, 0.717) is 22.6 Å². The number of halogens is 1. The SMILES string of the molecule is COc1nn(C)cc1Nc1ncc(F)c(-c2c[nH]c3c(C(C)C(N)=O)cccc23)n1. The molecule has 0 aliphatic carbocycles. The number of hydrogen-bond acceptors (Lipinski definition) is 6. The molecular formula is C20H20FN7O2. The number of carbonyl (C=O) groups is 1. The van der Waals surface area contributed by atoms with Crippen LogP contribution in [0.5, 0.6) is 5.88 Å². The van der Waals surface area contributed by atoms with E-state index in [1.165, 1.54) is 7.11 Å². The minimum absolute atomic E-state index is 0.116. The molecule has 10 heteroatoms.